The van der Waals surface area contributed by atoms with Crippen molar-refractivity contribution >= 4 is 17.5 Å². The van der Waals surface area contributed by atoms with E-state index in [4.69, 9.17) is 10.5 Å². The van der Waals surface area contributed by atoms with Crippen LogP contribution in [-0.2, 0) is 25.8 Å². The van der Waals surface area contributed by atoms with Gasteiger partial charge in [0.1, 0.15) is 5.69 Å². The number of fused-ring (bicyclic) bond motifs is 1. The minimum Gasteiger partial charge on any atom is -0.463 e. The number of likely N-dealkylation sites (tertiary alicyclic amines) is 1. The van der Waals surface area contributed by atoms with E-state index in [0.717, 1.165) is 44.8 Å². The summed E-state index contributed by atoms with van der Waals surface area (Å²) in [5, 5.41) is 2.65. The van der Waals surface area contributed by atoms with Gasteiger partial charge in [0.25, 0.3) is 0 Å². The van der Waals surface area contributed by atoms with Crippen LogP contribution in [0.25, 0.3) is 0 Å². The number of carbonyl (C=O) groups is 1. The van der Waals surface area contributed by atoms with Crippen molar-refractivity contribution < 1.29 is 22.7 Å². The van der Waals surface area contributed by atoms with E-state index < -0.39 is 17.8 Å². The zero-order chi connectivity index (χ0) is 24.3. The summed E-state index contributed by atoms with van der Waals surface area (Å²) < 4.78 is 47.0. The fraction of sp³-hybridized carbons (Fsp3) is 0.522. The van der Waals surface area contributed by atoms with Crippen LogP contribution in [0.5, 0.6) is 6.01 Å². The second-order valence-corrected chi connectivity index (χ2v) is 8.67. The molecular weight excluding hydrogens is 449 g/mol. The SMILES string of the molecule is CCCCOc1nc(N)c2c(n1)CN(Cc1ccc(CN3CCCC3)c(C(F)(F)F)c1)C(=O)N2. The molecule has 2 aromatic rings. The lowest BCUT2D eigenvalue weighted by molar-refractivity contribution is -0.138. The maximum absolute atomic E-state index is 13.8. The van der Waals surface area contributed by atoms with Crippen molar-refractivity contribution in [1.82, 2.24) is 19.8 Å². The Labute approximate surface area is 196 Å². The molecule has 0 unspecified atom stereocenters. The minimum atomic E-state index is -4.48. The van der Waals surface area contributed by atoms with Gasteiger partial charge in [-0.05, 0) is 49.5 Å². The van der Waals surface area contributed by atoms with E-state index in [9.17, 15) is 18.0 Å². The number of nitrogens with one attached hydrogen (secondary N) is 1. The first-order chi connectivity index (χ1) is 16.2. The Balaban J connectivity index is 1.53. The van der Waals surface area contributed by atoms with Gasteiger partial charge in [0.05, 0.1) is 24.4 Å². The summed E-state index contributed by atoms with van der Waals surface area (Å²) >= 11 is 0. The summed E-state index contributed by atoms with van der Waals surface area (Å²) in [6.45, 7) is 4.42. The molecule has 0 atom stereocenters. The molecule has 1 saturated heterocycles. The highest BCUT2D eigenvalue weighted by Crippen LogP contribution is 2.35. The summed E-state index contributed by atoms with van der Waals surface area (Å²) in [5.74, 6) is 0.0927. The Morgan fingerprint density at radius 2 is 1.94 bits per heavy atom. The van der Waals surface area contributed by atoms with E-state index in [-0.39, 0.29) is 37.0 Å². The van der Waals surface area contributed by atoms with Gasteiger partial charge in [-0.1, -0.05) is 25.5 Å². The van der Waals surface area contributed by atoms with Crippen LogP contribution in [0.4, 0.5) is 29.5 Å². The van der Waals surface area contributed by atoms with Crippen LogP contribution in [0.2, 0.25) is 0 Å². The average Bonchev–Trinajstić information content (AvgIpc) is 3.28. The Morgan fingerprint density at radius 3 is 2.65 bits per heavy atom. The van der Waals surface area contributed by atoms with Crippen molar-refractivity contribution in [2.45, 2.75) is 58.4 Å². The lowest BCUT2D eigenvalue weighted by Crippen LogP contribution is -2.39. The summed E-state index contributed by atoms with van der Waals surface area (Å²) in [4.78, 5) is 24.5. The van der Waals surface area contributed by atoms with Gasteiger partial charge in [0.15, 0.2) is 5.82 Å². The number of nitrogen functional groups attached to an aromatic ring is 1. The van der Waals surface area contributed by atoms with Gasteiger partial charge in [-0.3, -0.25) is 4.90 Å². The van der Waals surface area contributed by atoms with E-state index in [1.54, 1.807) is 6.07 Å². The first kappa shape index (κ1) is 24.1. The van der Waals surface area contributed by atoms with Crippen molar-refractivity contribution in [2.24, 2.45) is 0 Å². The molecule has 34 heavy (non-hydrogen) atoms. The van der Waals surface area contributed by atoms with Crippen LogP contribution in [0.3, 0.4) is 0 Å². The minimum absolute atomic E-state index is 0.00567. The van der Waals surface area contributed by atoms with Gasteiger partial charge in [-0.25, -0.2) is 4.79 Å². The molecule has 0 aliphatic carbocycles. The van der Waals surface area contributed by atoms with Gasteiger partial charge in [-0.2, -0.15) is 23.1 Å². The fourth-order valence-corrected chi connectivity index (χ4v) is 4.22. The number of amides is 2. The Bertz CT molecular complexity index is 1040. The topological polar surface area (TPSA) is 96.6 Å². The molecule has 8 nitrogen and oxygen atoms in total. The van der Waals surface area contributed by atoms with E-state index in [2.05, 4.69) is 15.3 Å². The van der Waals surface area contributed by atoms with Crippen molar-refractivity contribution in [3.63, 3.8) is 0 Å². The molecule has 0 radical (unpaired) electrons. The molecule has 0 bridgehead atoms. The third-order valence-corrected chi connectivity index (χ3v) is 6.03. The molecule has 2 aliphatic heterocycles. The van der Waals surface area contributed by atoms with Crippen molar-refractivity contribution in [3.05, 3.63) is 40.6 Å². The molecule has 3 heterocycles. The highest BCUT2D eigenvalue weighted by molar-refractivity contribution is 5.94. The first-order valence-corrected chi connectivity index (χ1v) is 11.5. The van der Waals surface area contributed by atoms with Crippen molar-refractivity contribution in [2.75, 3.05) is 30.7 Å². The molecule has 11 heteroatoms. The van der Waals surface area contributed by atoms with Crippen LogP contribution < -0.4 is 15.8 Å². The number of benzene rings is 1. The highest BCUT2D eigenvalue weighted by atomic mass is 19.4. The number of halogens is 3. The van der Waals surface area contributed by atoms with E-state index in [1.807, 2.05) is 11.8 Å². The Morgan fingerprint density at radius 1 is 1.18 bits per heavy atom. The second kappa shape index (κ2) is 10.0. The number of alkyl halides is 3. The second-order valence-electron chi connectivity index (χ2n) is 8.67. The largest absolute Gasteiger partial charge is 0.463 e. The maximum Gasteiger partial charge on any atom is 0.416 e. The number of hydrogen-bond acceptors (Lipinski definition) is 6. The first-order valence-electron chi connectivity index (χ1n) is 11.5. The summed E-state index contributed by atoms with van der Waals surface area (Å²) in [7, 11) is 0. The van der Waals surface area contributed by atoms with Gasteiger partial charge in [0, 0.05) is 13.1 Å². The number of unbranched alkanes of at least 4 members (excludes halogenated alkanes) is 1. The molecule has 3 N–H and O–H groups in total. The van der Waals surface area contributed by atoms with Gasteiger partial charge in [-0.15, -0.1) is 0 Å². The number of nitrogens with zero attached hydrogens (tertiary/aromatic N) is 4. The number of hydrogen-bond donors (Lipinski definition) is 2. The monoisotopic (exact) mass is 478 g/mol. The Kier molecular flexibility index (Phi) is 7.11. The van der Waals surface area contributed by atoms with Crippen molar-refractivity contribution in [1.29, 1.82) is 0 Å². The number of carbonyl (C=O) groups excluding carboxylic acids is 1. The average molecular weight is 479 g/mol. The molecule has 1 fully saturated rings. The zero-order valence-corrected chi connectivity index (χ0v) is 19.1. The molecule has 2 aliphatic rings. The smallest absolute Gasteiger partial charge is 0.416 e. The normalized spacial score (nSPS) is 16.5. The lowest BCUT2D eigenvalue weighted by Gasteiger charge is -2.29. The van der Waals surface area contributed by atoms with Crippen molar-refractivity contribution in [3.8, 4) is 6.01 Å². The predicted molar refractivity (Wildman–Crippen MR) is 121 cm³/mol. The quantitative estimate of drug-likeness (QED) is 0.546. The summed E-state index contributed by atoms with van der Waals surface area (Å²) in [5.41, 5.74) is 6.71. The number of aromatic nitrogens is 2. The predicted octanol–water partition coefficient (Wildman–Crippen LogP) is 4.40. The number of nitrogens with two attached hydrogens (primary N) is 1. The van der Waals surface area contributed by atoms with Crippen LogP contribution in [0, 0.1) is 0 Å². The zero-order valence-electron chi connectivity index (χ0n) is 19.1. The fourth-order valence-electron chi connectivity index (χ4n) is 4.22. The molecule has 1 aromatic carbocycles. The number of ether oxygens (including phenoxy) is 1. The number of rotatable bonds is 8. The third kappa shape index (κ3) is 5.52. The Hall–Kier alpha value is -3.08. The molecule has 2 amide bonds. The third-order valence-electron chi connectivity index (χ3n) is 6.03. The molecule has 184 valence electrons. The van der Waals surface area contributed by atoms with Crippen LogP contribution in [-0.4, -0.2) is 45.5 Å². The number of urea groups is 1. The molecule has 0 saturated carbocycles. The highest BCUT2D eigenvalue weighted by Gasteiger charge is 2.35. The van der Waals surface area contributed by atoms with E-state index in [0.29, 0.717) is 23.6 Å². The van der Waals surface area contributed by atoms with Gasteiger partial charge < -0.3 is 20.7 Å². The van der Waals surface area contributed by atoms with Crippen LogP contribution in [0.15, 0.2) is 18.2 Å². The maximum atomic E-state index is 13.8. The number of anilines is 2. The summed E-state index contributed by atoms with van der Waals surface area (Å²) in [6, 6.07) is 3.95. The standard InChI is InChI=1S/C23H29F3N6O2/c1-2-3-10-34-21-28-18-14-32(22(33)29-19(18)20(27)30-21)12-15-6-7-16(13-31-8-4-5-9-31)17(11-15)23(24,25)26/h6-7,11H,2-5,8-10,12-14H2,1H3,(H,29,33)(H2,27,28,30). The summed E-state index contributed by atoms with van der Waals surface area (Å²) in [6.07, 6.45) is -0.692. The van der Waals surface area contributed by atoms with E-state index >= 15 is 0 Å². The lowest BCUT2D eigenvalue weighted by atomic mass is 10.0. The van der Waals surface area contributed by atoms with Gasteiger partial charge in [0.2, 0.25) is 0 Å². The van der Waals surface area contributed by atoms with Gasteiger partial charge >= 0.3 is 18.2 Å². The molecule has 1 aromatic heterocycles. The molecular formula is C23H29F3N6O2. The molecule has 4 rings (SSSR count). The van der Waals surface area contributed by atoms with E-state index in [1.165, 1.54) is 11.0 Å². The van der Waals surface area contributed by atoms with Crippen LogP contribution in [0.1, 0.15) is 55.0 Å². The van der Waals surface area contributed by atoms with Crippen LogP contribution >= 0.6 is 0 Å². The molecule has 0 spiro atoms.